The second-order valence-corrected chi connectivity index (χ2v) is 5.63. The van der Waals surface area contributed by atoms with Crippen molar-refractivity contribution in [3.8, 4) is 5.75 Å². The van der Waals surface area contributed by atoms with Crippen molar-refractivity contribution in [1.82, 2.24) is 10.7 Å². The van der Waals surface area contributed by atoms with Gasteiger partial charge in [-0.3, -0.25) is 14.4 Å². The highest BCUT2D eigenvalue weighted by molar-refractivity contribution is 6.35. The molecule has 27 heavy (non-hydrogen) atoms. The third kappa shape index (κ3) is 6.79. The summed E-state index contributed by atoms with van der Waals surface area (Å²) in [6.07, 6.45) is 1.37. The van der Waals surface area contributed by atoms with Crippen LogP contribution in [0.3, 0.4) is 0 Å². The number of rotatable bonds is 6. The summed E-state index contributed by atoms with van der Waals surface area (Å²) in [5.74, 6) is -1.48. The van der Waals surface area contributed by atoms with Gasteiger partial charge in [0.15, 0.2) is 6.61 Å². The number of carbonyl (C=O) groups excluding carboxylic acids is 3. The van der Waals surface area contributed by atoms with Gasteiger partial charge in [-0.25, -0.2) is 5.43 Å². The van der Waals surface area contributed by atoms with E-state index >= 15 is 0 Å². The number of ether oxygens (including phenoxy) is 1. The summed E-state index contributed by atoms with van der Waals surface area (Å²) in [4.78, 5) is 34.1. The second kappa shape index (κ2) is 9.93. The van der Waals surface area contributed by atoms with E-state index in [0.29, 0.717) is 22.0 Å². The fourth-order valence-corrected chi connectivity index (χ4v) is 2.08. The average Bonchev–Trinajstić information content (AvgIpc) is 2.66. The van der Waals surface area contributed by atoms with Gasteiger partial charge in [-0.15, -0.1) is 0 Å². The zero-order valence-corrected chi connectivity index (χ0v) is 15.1. The summed E-state index contributed by atoms with van der Waals surface area (Å²) in [5.41, 5.74) is 3.34. The van der Waals surface area contributed by atoms with Gasteiger partial charge in [0.25, 0.3) is 5.91 Å². The van der Waals surface area contributed by atoms with Crippen LogP contribution in [0.5, 0.6) is 5.75 Å². The molecule has 2 rings (SSSR count). The molecule has 0 aromatic heterocycles. The molecule has 3 N–H and O–H groups in total. The number of nitrogens with zero attached hydrogens (tertiary/aromatic N) is 1. The lowest BCUT2D eigenvalue weighted by molar-refractivity contribution is -0.138. The molecule has 2 aromatic rings. The summed E-state index contributed by atoms with van der Waals surface area (Å²) in [5, 5.41) is 9.05. The van der Waals surface area contributed by atoms with Gasteiger partial charge < -0.3 is 15.4 Å². The number of nitrogens with one attached hydrogen (secondary N) is 3. The number of likely N-dealkylation sites (N-methyl/N-ethyl adjacent to an activating group) is 1. The van der Waals surface area contributed by atoms with Gasteiger partial charge in [0.05, 0.1) is 6.21 Å². The number of hydrazone groups is 1. The molecule has 2 aromatic carbocycles. The van der Waals surface area contributed by atoms with Crippen LogP contribution in [0, 0.1) is 0 Å². The summed E-state index contributed by atoms with van der Waals surface area (Å²) < 4.78 is 5.40. The van der Waals surface area contributed by atoms with E-state index in [4.69, 9.17) is 16.3 Å². The maximum Gasteiger partial charge on any atom is 0.329 e. The number of carbonyl (C=O) groups is 3. The fourth-order valence-electron chi connectivity index (χ4n) is 1.89. The molecule has 0 atom stereocenters. The molecule has 0 saturated heterocycles. The maximum atomic E-state index is 11.9. The molecule has 0 unspecified atom stereocenters. The smallest absolute Gasteiger partial charge is 0.329 e. The van der Waals surface area contributed by atoms with Crippen LogP contribution in [-0.2, 0) is 14.4 Å². The Morgan fingerprint density at radius 1 is 1.11 bits per heavy atom. The van der Waals surface area contributed by atoms with E-state index in [1.54, 1.807) is 48.5 Å². The van der Waals surface area contributed by atoms with Crippen molar-refractivity contribution in [2.24, 2.45) is 5.10 Å². The van der Waals surface area contributed by atoms with Gasteiger partial charge in [-0.1, -0.05) is 17.7 Å². The minimum absolute atomic E-state index is 0.165. The maximum absolute atomic E-state index is 11.9. The number of anilines is 1. The zero-order chi connectivity index (χ0) is 19.6. The molecule has 3 amide bonds. The summed E-state index contributed by atoms with van der Waals surface area (Å²) in [7, 11) is 1.35. The zero-order valence-electron chi connectivity index (χ0n) is 14.4. The van der Waals surface area contributed by atoms with Gasteiger partial charge >= 0.3 is 11.8 Å². The van der Waals surface area contributed by atoms with E-state index in [1.165, 1.54) is 13.3 Å². The van der Waals surface area contributed by atoms with E-state index in [1.807, 2.05) is 0 Å². The number of halogens is 1. The molecule has 0 aliphatic rings. The first-order chi connectivity index (χ1) is 13.0. The topological polar surface area (TPSA) is 109 Å². The van der Waals surface area contributed by atoms with Gasteiger partial charge in [0, 0.05) is 17.8 Å². The van der Waals surface area contributed by atoms with Crippen LogP contribution in [0.4, 0.5) is 5.69 Å². The van der Waals surface area contributed by atoms with Crippen LogP contribution in [0.25, 0.3) is 0 Å². The minimum Gasteiger partial charge on any atom is -0.484 e. The lowest BCUT2D eigenvalue weighted by Crippen LogP contribution is -2.35. The molecule has 0 bridgehead atoms. The highest BCUT2D eigenvalue weighted by atomic mass is 35.5. The Hall–Kier alpha value is -3.39. The molecular weight excluding hydrogens is 372 g/mol. The molecule has 140 valence electrons. The van der Waals surface area contributed by atoms with Gasteiger partial charge in [-0.2, -0.15) is 5.10 Å². The van der Waals surface area contributed by atoms with Crippen LogP contribution in [0.2, 0.25) is 5.02 Å². The van der Waals surface area contributed by atoms with Crippen molar-refractivity contribution in [3.63, 3.8) is 0 Å². The van der Waals surface area contributed by atoms with E-state index in [2.05, 4.69) is 21.2 Å². The molecule has 9 heteroatoms. The SMILES string of the molecule is CNC(=O)C(=O)N/N=C\c1ccc(OCC(=O)Nc2cccc(Cl)c2)cc1. The summed E-state index contributed by atoms with van der Waals surface area (Å²) >= 11 is 5.86. The summed E-state index contributed by atoms with van der Waals surface area (Å²) in [6.45, 7) is -0.165. The molecule has 0 heterocycles. The Morgan fingerprint density at radius 3 is 2.52 bits per heavy atom. The summed E-state index contributed by atoms with van der Waals surface area (Å²) in [6, 6.07) is 13.5. The molecule has 0 aliphatic carbocycles. The van der Waals surface area contributed by atoms with Gasteiger partial charge in [-0.05, 0) is 48.0 Å². The van der Waals surface area contributed by atoms with Crippen molar-refractivity contribution in [2.45, 2.75) is 0 Å². The van der Waals surface area contributed by atoms with Crippen molar-refractivity contribution in [1.29, 1.82) is 0 Å². The Morgan fingerprint density at radius 2 is 1.85 bits per heavy atom. The Kier molecular flexibility index (Phi) is 7.33. The predicted octanol–water partition coefficient (Wildman–Crippen LogP) is 1.55. The lowest BCUT2D eigenvalue weighted by atomic mass is 10.2. The fraction of sp³-hybridized carbons (Fsp3) is 0.111. The third-order valence-electron chi connectivity index (χ3n) is 3.17. The third-order valence-corrected chi connectivity index (χ3v) is 3.41. The van der Waals surface area contributed by atoms with E-state index < -0.39 is 11.8 Å². The van der Waals surface area contributed by atoms with Crippen LogP contribution < -0.4 is 20.8 Å². The molecule has 0 radical (unpaired) electrons. The first-order valence-corrected chi connectivity index (χ1v) is 8.19. The average molecular weight is 389 g/mol. The lowest BCUT2D eigenvalue weighted by Gasteiger charge is -2.08. The Bertz CT molecular complexity index is 853. The van der Waals surface area contributed by atoms with Crippen molar-refractivity contribution in [3.05, 3.63) is 59.1 Å². The first kappa shape index (κ1) is 19.9. The second-order valence-electron chi connectivity index (χ2n) is 5.19. The number of hydrogen-bond acceptors (Lipinski definition) is 5. The van der Waals surface area contributed by atoms with Gasteiger partial charge in [0.1, 0.15) is 5.75 Å². The van der Waals surface area contributed by atoms with Crippen LogP contribution in [0.15, 0.2) is 53.6 Å². The Balaban J connectivity index is 1.80. The van der Waals surface area contributed by atoms with E-state index in [0.717, 1.165) is 0 Å². The van der Waals surface area contributed by atoms with Crippen LogP contribution in [0.1, 0.15) is 5.56 Å². The van der Waals surface area contributed by atoms with E-state index in [9.17, 15) is 14.4 Å². The van der Waals surface area contributed by atoms with Crippen molar-refractivity contribution < 1.29 is 19.1 Å². The van der Waals surface area contributed by atoms with E-state index in [-0.39, 0.29) is 12.5 Å². The molecule has 0 saturated carbocycles. The van der Waals surface area contributed by atoms with Crippen LogP contribution >= 0.6 is 11.6 Å². The Labute approximate surface area is 160 Å². The predicted molar refractivity (Wildman–Crippen MR) is 102 cm³/mol. The quantitative estimate of drug-likeness (QED) is 0.396. The largest absolute Gasteiger partial charge is 0.484 e. The molecule has 8 nitrogen and oxygen atoms in total. The molecule has 0 fully saturated rings. The van der Waals surface area contributed by atoms with Crippen molar-refractivity contribution in [2.75, 3.05) is 19.0 Å². The molecular formula is C18H17ClN4O4. The highest BCUT2D eigenvalue weighted by Gasteiger charge is 2.08. The van der Waals surface area contributed by atoms with Gasteiger partial charge in [0.2, 0.25) is 0 Å². The normalized spacial score (nSPS) is 10.3. The standard InChI is InChI=1S/C18H17ClN4O4/c1-20-17(25)18(26)23-21-10-12-5-7-15(8-6-12)27-11-16(24)22-14-4-2-3-13(19)9-14/h2-10H,11H2,1H3,(H,20,25)(H,22,24)(H,23,26)/b21-10-. The van der Waals surface area contributed by atoms with Crippen molar-refractivity contribution >= 4 is 41.2 Å². The number of hydrogen-bond donors (Lipinski definition) is 3. The highest BCUT2D eigenvalue weighted by Crippen LogP contribution is 2.15. The number of amides is 3. The molecule has 0 aliphatic heterocycles. The van der Waals surface area contributed by atoms with Crippen LogP contribution in [-0.4, -0.2) is 37.6 Å². The monoisotopic (exact) mass is 388 g/mol. The first-order valence-electron chi connectivity index (χ1n) is 7.81. The number of benzene rings is 2. The minimum atomic E-state index is -0.862. The molecule has 0 spiro atoms.